The molecule has 0 bridgehead atoms. The first-order valence-corrected chi connectivity index (χ1v) is 7.66. The number of hydrogen-bond acceptors (Lipinski definition) is 3. The molecule has 1 saturated carbocycles. The van der Waals surface area contributed by atoms with Crippen LogP contribution in [0.5, 0.6) is 5.75 Å². The van der Waals surface area contributed by atoms with Crippen LogP contribution in [0, 0.1) is 11.8 Å². The molecule has 1 fully saturated rings. The minimum atomic E-state index is 0.744. The molecule has 0 spiro atoms. The van der Waals surface area contributed by atoms with Crippen molar-refractivity contribution in [3.05, 3.63) is 29.8 Å². The molecule has 1 aliphatic carbocycles. The summed E-state index contributed by atoms with van der Waals surface area (Å²) in [4.78, 5) is 0. The molecule has 1 atom stereocenters. The predicted octanol–water partition coefficient (Wildman–Crippen LogP) is 2.89. The third-order valence-electron chi connectivity index (χ3n) is 4.36. The molecule has 1 unspecified atom stereocenters. The summed E-state index contributed by atoms with van der Waals surface area (Å²) in [6.07, 6.45) is 5.36. The Morgan fingerprint density at radius 2 is 1.95 bits per heavy atom. The quantitative estimate of drug-likeness (QED) is 0.704. The average molecular weight is 277 g/mol. The summed E-state index contributed by atoms with van der Waals surface area (Å²) >= 11 is 0. The van der Waals surface area contributed by atoms with Crippen LogP contribution in [0.2, 0.25) is 0 Å². The zero-order valence-corrected chi connectivity index (χ0v) is 12.7. The van der Waals surface area contributed by atoms with Crippen LogP contribution in [0.25, 0.3) is 0 Å². The maximum Gasteiger partial charge on any atom is 0.118 e. The van der Waals surface area contributed by atoms with Gasteiger partial charge in [0.05, 0.1) is 13.7 Å². The SMILES string of the molecule is COCCNCC(Cc1ccc(OC)cc1)C1CCC1. The van der Waals surface area contributed by atoms with Gasteiger partial charge in [-0.15, -0.1) is 0 Å². The molecular formula is C17H27NO2. The molecule has 112 valence electrons. The van der Waals surface area contributed by atoms with Gasteiger partial charge in [0, 0.05) is 13.7 Å². The maximum atomic E-state index is 5.22. The summed E-state index contributed by atoms with van der Waals surface area (Å²) in [5.41, 5.74) is 1.41. The minimum absolute atomic E-state index is 0.744. The number of rotatable bonds is 9. The van der Waals surface area contributed by atoms with E-state index in [1.165, 1.54) is 24.8 Å². The first-order valence-electron chi connectivity index (χ1n) is 7.66. The standard InChI is InChI=1S/C17H27NO2/c1-19-11-10-18-13-16(15-4-3-5-15)12-14-6-8-17(20-2)9-7-14/h6-9,15-16,18H,3-5,10-13H2,1-2H3. The third-order valence-corrected chi connectivity index (χ3v) is 4.36. The van der Waals surface area contributed by atoms with Crippen molar-refractivity contribution < 1.29 is 9.47 Å². The predicted molar refractivity (Wildman–Crippen MR) is 82.3 cm³/mol. The Morgan fingerprint density at radius 3 is 2.50 bits per heavy atom. The highest BCUT2D eigenvalue weighted by atomic mass is 16.5. The van der Waals surface area contributed by atoms with Gasteiger partial charge in [-0.05, 0) is 42.5 Å². The Hall–Kier alpha value is -1.06. The van der Waals surface area contributed by atoms with E-state index < -0.39 is 0 Å². The Kier molecular flexibility index (Phi) is 6.34. The Balaban J connectivity index is 1.85. The highest BCUT2D eigenvalue weighted by Gasteiger charge is 2.26. The Morgan fingerprint density at radius 1 is 1.20 bits per heavy atom. The lowest BCUT2D eigenvalue weighted by molar-refractivity contribution is 0.178. The number of ether oxygens (including phenoxy) is 2. The summed E-state index contributed by atoms with van der Waals surface area (Å²) in [6, 6.07) is 8.51. The monoisotopic (exact) mass is 277 g/mol. The van der Waals surface area contributed by atoms with Crippen LogP contribution >= 0.6 is 0 Å². The summed E-state index contributed by atoms with van der Waals surface area (Å²) in [5.74, 6) is 2.58. The largest absolute Gasteiger partial charge is 0.497 e. The van der Waals surface area contributed by atoms with E-state index in [1.807, 2.05) is 0 Å². The van der Waals surface area contributed by atoms with Gasteiger partial charge in [-0.25, -0.2) is 0 Å². The number of hydrogen-bond donors (Lipinski definition) is 1. The van der Waals surface area contributed by atoms with Gasteiger partial charge in [0.1, 0.15) is 5.75 Å². The van der Waals surface area contributed by atoms with Crippen molar-refractivity contribution in [2.75, 3.05) is 33.9 Å². The van der Waals surface area contributed by atoms with E-state index in [4.69, 9.17) is 9.47 Å². The van der Waals surface area contributed by atoms with Crippen LogP contribution in [0.3, 0.4) is 0 Å². The van der Waals surface area contributed by atoms with Crippen LogP contribution in [-0.4, -0.2) is 33.9 Å². The van der Waals surface area contributed by atoms with Gasteiger partial charge >= 0.3 is 0 Å². The molecule has 0 radical (unpaired) electrons. The van der Waals surface area contributed by atoms with E-state index in [0.717, 1.165) is 43.7 Å². The summed E-state index contributed by atoms with van der Waals surface area (Å²) < 4.78 is 10.3. The van der Waals surface area contributed by atoms with Crippen molar-refractivity contribution in [3.63, 3.8) is 0 Å². The molecule has 1 aliphatic rings. The molecule has 0 amide bonds. The number of methoxy groups -OCH3 is 2. The molecule has 20 heavy (non-hydrogen) atoms. The second-order valence-corrected chi connectivity index (χ2v) is 5.70. The molecule has 1 N–H and O–H groups in total. The highest BCUT2D eigenvalue weighted by Crippen LogP contribution is 2.35. The maximum absolute atomic E-state index is 5.22. The van der Waals surface area contributed by atoms with E-state index in [2.05, 4.69) is 29.6 Å². The number of nitrogens with one attached hydrogen (secondary N) is 1. The van der Waals surface area contributed by atoms with Gasteiger partial charge in [0.2, 0.25) is 0 Å². The molecule has 1 aromatic carbocycles. The van der Waals surface area contributed by atoms with Gasteiger partial charge in [-0.1, -0.05) is 31.4 Å². The zero-order valence-electron chi connectivity index (χ0n) is 12.7. The van der Waals surface area contributed by atoms with Gasteiger partial charge in [-0.3, -0.25) is 0 Å². The molecule has 0 aromatic heterocycles. The summed E-state index contributed by atoms with van der Waals surface area (Å²) in [7, 11) is 3.47. The molecule has 0 heterocycles. The molecular weight excluding hydrogens is 250 g/mol. The molecule has 3 heteroatoms. The summed E-state index contributed by atoms with van der Waals surface area (Å²) in [5, 5.41) is 3.53. The van der Waals surface area contributed by atoms with Gasteiger partial charge in [-0.2, -0.15) is 0 Å². The van der Waals surface area contributed by atoms with Crippen molar-refractivity contribution in [3.8, 4) is 5.75 Å². The van der Waals surface area contributed by atoms with E-state index in [9.17, 15) is 0 Å². The fourth-order valence-electron chi connectivity index (χ4n) is 2.84. The van der Waals surface area contributed by atoms with Crippen LogP contribution in [0.15, 0.2) is 24.3 Å². The Labute approximate surface area is 122 Å². The van der Waals surface area contributed by atoms with E-state index >= 15 is 0 Å². The second-order valence-electron chi connectivity index (χ2n) is 5.70. The smallest absolute Gasteiger partial charge is 0.118 e. The summed E-state index contributed by atoms with van der Waals surface area (Å²) in [6.45, 7) is 2.84. The first-order chi connectivity index (χ1) is 9.83. The van der Waals surface area contributed by atoms with E-state index in [0.29, 0.717) is 0 Å². The van der Waals surface area contributed by atoms with Gasteiger partial charge in [0.15, 0.2) is 0 Å². The fraction of sp³-hybridized carbons (Fsp3) is 0.647. The van der Waals surface area contributed by atoms with E-state index in [1.54, 1.807) is 14.2 Å². The lowest BCUT2D eigenvalue weighted by Crippen LogP contribution is -2.34. The molecule has 1 aromatic rings. The van der Waals surface area contributed by atoms with Crippen LogP contribution < -0.4 is 10.1 Å². The molecule has 2 rings (SSSR count). The number of benzene rings is 1. The third kappa shape index (κ3) is 4.50. The van der Waals surface area contributed by atoms with Crippen molar-refractivity contribution in [2.45, 2.75) is 25.7 Å². The van der Waals surface area contributed by atoms with Gasteiger partial charge < -0.3 is 14.8 Å². The van der Waals surface area contributed by atoms with E-state index in [-0.39, 0.29) is 0 Å². The van der Waals surface area contributed by atoms with Crippen molar-refractivity contribution in [1.82, 2.24) is 5.32 Å². The molecule has 3 nitrogen and oxygen atoms in total. The van der Waals surface area contributed by atoms with Crippen LogP contribution in [0.4, 0.5) is 0 Å². The van der Waals surface area contributed by atoms with Crippen LogP contribution in [-0.2, 0) is 11.2 Å². The van der Waals surface area contributed by atoms with Crippen molar-refractivity contribution >= 4 is 0 Å². The second kappa shape index (κ2) is 8.28. The van der Waals surface area contributed by atoms with Crippen molar-refractivity contribution in [1.29, 1.82) is 0 Å². The van der Waals surface area contributed by atoms with Gasteiger partial charge in [0.25, 0.3) is 0 Å². The molecule has 0 saturated heterocycles. The Bertz CT molecular complexity index is 373. The fourth-order valence-corrected chi connectivity index (χ4v) is 2.84. The van der Waals surface area contributed by atoms with Crippen molar-refractivity contribution in [2.24, 2.45) is 11.8 Å². The van der Waals surface area contributed by atoms with Crippen LogP contribution in [0.1, 0.15) is 24.8 Å². The normalized spacial score (nSPS) is 16.7. The average Bonchev–Trinajstić information content (AvgIpc) is 2.42. The highest BCUT2D eigenvalue weighted by molar-refractivity contribution is 5.27. The minimum Gasteiger partial charge on any atom is -0.497 e. The zero-order chi connectivity index (χ0) is 14.2. The lowest BCUT2D eigenvalue weighted by atomic mass is 9.73. The topological polar surface area (TPSA) is 30.5 Å². The lowest BCUT2D eigenvalue weighted by Gasteiger charge is -2.34. The molecule has 0 aliphatic heterocycles. The first kappa shape index (κ1) is 15.3.